The highest BCUT2D eigenvalue weighted by atomic mass is 19.3. The molecular formula is C9H15F2NO3. The molecule has 0 aromatic heterocycles. The zero-order chi connectivity index (χ0) is 11.6. The van der Waals surface area contributed by atoms with Crippen molar-refractivity contribution in [2.75, 3.05) is 19.7 Å². The van der Waals surface area contributed by atoms with Crippen LogP contribution < -0.4 is 0 Å². The molecule has 1 heterocycles. The Balaban J connectivity index is 2.63. The Bertz CT molecular complexity index is 246. The summed E-state index contributed by atoms with van der Waals surface area (Å²) in [7, 11) is 0. The largest absolute Gasteiger partial charge is 0.387 e. The molecule has 4 nitrogen and oxygen atoms in total. The summed E-state index contributed by atoms with van der Waals surface area (Å²) in [4.78, 5) is 11.9. The smallest absolute Gasteiger partial charge is 0.292 e. The molecule has 1 rings (SSSR count). The van der Waals surface area contributed by atoms with E-state index < -0.39 is 31.1 Å². The number of rotatable bonds is 3. The van der Waals surface area contributed by atoms with Crippen LogP contribution in [0.25, 0.3) is 0 Å². The maximum atomic E-state index is 13.3. The third-order valence-corrected chi connectivity index (χ3v) is 2.18. The van der Waals surface area contributed by atoms with E-state index in [9.17, 15) is 13.6 Å². The summed E-state index contributed by atoms with van der Waals surface area (Å²) >= 11 is 0. The van der Waals surface area contributed by atoms with Gasteiger partial charge in [0.1, 0.15) is 12.7 Å². The maximum Gasteiger partial charge on any atom is 0.292 e. The Morgan fingerprint density at radius 3 is 2.73 bits per heavy atom. The fourth-order valence-corrected chi connectivity index (χ4v) is 1.52. The summed E-state index contributed by atoms with van der Waals surface area (Å²) < 4.78 is 31.7. The first kappa shape index (κ1) is 12.3. The molecule has 1 aliphatic heterocycles. The van der Waals surface area contributed by atoms with Crippen molar-refractivity contribution < 1.29 is 23.4 Å². The van der Waals surface area contributed by atoms with E-state index in [4.69, 9.17) is 9.84 Å². The van der Waals surface area contributed by atoms with Crippen LogP contribution in [-0.4, -0.2) is 53.7 Å². The van der Waals surface area contributed by atoms with Gasteiger partial charge in [-0.25, -0.2) is 8.78 Å². The molecule has 0 saturated carbocycles. The summed E-state index contributed by atoms with van der Waals surface area (Å²) in [5, 5.41) is 8.56. The van der Waals surface area contributed by atoms with Gasteiger partial charge in [0.2, 0.25) is 5.91 Å². The van der Waals surface area contributed by atoms with Gasteiger partial charge in [0.05, 0.1) is 19.2 Å². The summed E-state index contributed by atoms with van der Waals surface area (Å²) in [5.74, 6) is -3.72. The average Bonchev–Trinajstić information content (AvgIpc) is 2.40. The topological polar surface area (TPSA) is 49.8 Å². The number of nitrogens with zero attached hydrogens (tertiary/aromatic N) is 1. The summed E-state index contributed by atoms with van der Waals surface area (Å²) in [5.41, 5.74) is 0. The quantitative estimate of drug-likeness (QED) is 0.746. The van der Waals surface area contributed by atoms with Gasteiger partial charge in [-0.15, -0.1) is 0 Å². The van der Waals surface area contributed by atoms with Crippen LogP contribution in [0.15, 0.2) is 0 Å². The van der Waals surface area contributed by atoms with Gasteiger partial charge >= 0.3 is 0 Å². The van der Waals surface area contributed by atoms with E-state index >= 15 is 0 Å². The minimum atomic E-state index is -3.03. The zero-order valence-electron chi connectivity index (χ0n) is 8.74. The van der Waals surface area contributed by atoms with Gasteiger partial charge in [0.15, 0.2) is 0 Å². The van der Waals surface area contributed by atoms with E-state index in [-0.39, 0.29) is 12.6 Å². The Morgan fingerprint density at radius 2 is 2.27 bits per heavy atom. The number of hydrogen-bond donors (Lipinski definition) is 1. The molecule has 1 amide bonds. The fourth-order valence-electron chi connectivity index (χ4n) is 1.52. The van der Waals surface area contributed by atoms with Crippen LogP contribution in [0, 0.1) is 0 Å². The van der Waals surface area contributed by atoms with E-state index in [1.54, 1.807) is 13.8 Å². The zero-order valence-corrected chi connectivity index (χ0v) is 8.74. The second kappa shape index (κ2) is 4.40. The van der Waals surface area contributed by atoms with Gasteiger partial charge in [-0.05, 0) is 13.8 Å². The standard InChI is InChI=1S/C9H15F2NO3/c1-6(2)15-7-3-12(8(14)4-13)5-9(7,10)11/h6-7,13H,3-5H2,1-2H3. The Kier molecular flexibility index (Phi) is 3.62. The van der Waals surface area contributed by atoms with Crippen molar-refractivity contribution in [3.05, 3.63) is 0 Å². The predicted octanol–water partition coefficient (Wildman–Crippen LogP) is 0.250. The number of likely N-dealkylation sites (tertiary alicyclic amines) is 1. The number of halogens is 2. The normalized spacial score (nSPS) is 24.9. The summed E-state index contributed by atoms with van der Waals surface area (Å²) in [6.07, 6.45) is -1.59. The van der Waals surface area contributed by atoms with Gasteiger partial charge in [-0.1, -0.05) is 0 Å². The number of carbonyl (C=O) groups is 1. The summed E-state index contributed by atoms with van der Waals surface area (Å²) in [6, 6.07) is 0. The molecule has 1 aliphatic rings. The molecule has 0 spiro atoms. The van der Waals surface area contributed by atoms with E-state index in [2.05, 4.69) is 0 Å². The van der Waals surface area contributed by atoms with Gasteiger partial charge in [0, 0.05) is 0 Å². The van der Waals surface area contributed by atoms with E-state index in [0.29, 0.717) is 0 Å². The minimum Gasteiger partial charge on any atom is -0.387 e. The first-order chi connectivity index (χ1) is 6.86. The SMILES string of the molecule is CC(C)OC1CN(C(=O)CO)CC1(F)F. The van der Waals surface area contributed by atoms with Crippen LogP contribution in [0.5, 0.6) is 0 Å². The predicted molar refractivity (Wildman–Crippen MR) is 48.6 cm³/mol. The number of ether oxygens (including phenoxy) is 1. The molecule has 0 aliphatic carbocycles. The first-order valence-electron chi connectivity index (χ1n) is 4.78. The Hall–Kier alpha value is -0.750. The lowest BCUT2D eigenvalue weighted by Gasteiger charge is -2.19. The molecule has 0 radical (unpaired) electrons. The van der Waals surface area contributed by atoms with Crippen LogP contribution in [0.4, 0.5) is 8.78 Å². The number of aliphatic hydroxyl groups is 1. The maximum absolute atomic E-state index is 13.3. The van der Waals surface area contributed by atoms with Crippen molar-refractivity contribution in [2.24, 2.45) is 0 Å². The molecule has 88 valence electrons. The molecule has 0 aromatic rings. The number of aliphatic hydroxyl groups excluding tert-OH is 1. The molecule has 6 heteroatoms. The lowest BCUT2D eigenvalue weighted by Crippen LogP contribution is -2.35. The molecular weight excluding hydrogens is 208 g/mol. The van der Waals surface area contributed by atoms with Crippen molar-refractivity contribution in [1.29, 1.82) is 0 Å². The third-order valence-electron chi connectivity index (χ3n) is 2.18. The molecule has 1 saturated heterocycles. The number of alkyl halides is 2. The highest BCUT2D eigenvalue weighted by Gasteiger charge is 2.50. The number of hydrogen-bond acceptors (Lipinski definition) is 3. The molecule has 0 bridgehead atoms. The van der Waals surface area contributed by atoms with Crippen LogP contribution in [0.2, 0.25) is 0 Å². The molecule has 1 unspecified atom stereocenters. The minimum absolute atomic E-state index is 0.162. The van der Waals surface area contributed by atoms with Crippen LogP contribution >= 0.6 is 0 Å². The third kappa shape index (κ3) is 2.85. The van der Waals surface area contributed by atoms with Crippen molar-refractivity contribution in [1.82, 2.24) is 4.90 Å². The van der Waals surface area contributed by atoms with E-state index in [1.807, 2.05) is 0 Å². The molecule has 1 fully saturated rings. The second-order valence-electron chi connectivity index (χ2n) is 3.87. The molecule has 1 N–H and O–H groups in total. The molecule has 15 heavy (non-hydrogen) atoms. The van der Waals surface area contributed by atoms with Gasteiger partial charge in [-0.2, -0.15) is 0 Å². The highest BCUT2D eigenvalue weighted by Crippen LogP contribution is 2.30. The first-order valence-corrected chi connectivity index (χ1v) is 4.78. The number of carbonyl (C=O) groups excluding carboxylic acids is 1. The van der Waals surface area contributed by atoms with Crippen molar-refractivity contribution in [2.45, 2.75) is 32.0 Å². The molecule has 0 aromatic carbocycles. The van der Waals surface area contributed by atoms with Crippen LogP contribution in [-0.2, 0) is 9.53 Å². The van der Waals surface area contributed by atoms with Crippen LogP contribution in [0.1, 0.15) is 13.8 Å². The Morgan fingerprint density at radius 1 is 1.67 bits per heavy atom. The second-order valence-corrected chi connectivity index (χ2v) is 3.87. The fraction of sp³-hybridized carbons (Fsp3) is 0.889. The van der Waals surface area contributed by atoms with Gasteiger partial charge in [-0.3, -0.25) is 4.79 Å². The van der Waals surface area contributed by atoms with Crippen LogP contribution in [0.3, 0.4) is 0 Å². The number of amides is 1. The molecule has 1 atom stereocenters. The van der Waals surface area contributed by atoms with E-state index in [0.717, 1.165) is 4.90 Å². The van der Waals surface area contributed by atoms with Crippen molar-refractivity contribution >= 4 is 5.91 Å². The van der Waals surface area contributed by atoms with E-state index in [1.165, 1.54) is 0 Å². The lowest BCUT2D eigenvalue weighted by atomic mass is 10.2. The van der Waals surface area contributed by atoms with Gasteiger partial charge in [0.25, 0.3) is 5.92 Å². The summed E-state index contributed by atoms with van der Waals surface area (Å²) in [6.45, 7) is 1.73. The van der Waals surface area contributed by atoms with Gasteiger partial charge < -0.3 is 14.7 Å². The Labute approximate surface area is 86.8 Å². The highest BCUT2D eigenvalue weighted by molar-refractivity contribution is 5.77. The lowest BCUT2D eigenvalue weighted by molar-refractivity contribution is -0.134. The monoisotopic (exact) mass is 223 g/mol. The van der Waals surface area contributed by atoms with Crippen molar-refractivity contribution in [3.8, 4) is 0 Å². The van der Waals surface area contributed by atoms with Crippen molar-refractivity contribution in [3.63, 3.8) is 0 Å². The average molecular weight is 223 g/mol.